The predicted molar refractivity (Wildman–Crippen MR) is 75.4 cm³/mol. The molecule has 2 rings (SSSR count). The van der Waals surface area contributed by atoms with Crippen molar-refractivity contribution in [3.8, 4) is 17.4 Å². The van der Waals surface area contributed by atoms with Gasteiger partial charge >= 0.3 is 5.97 Å². The molecular formula is C14H7Cl2NO3. The Kier molecular flexibility index (Phi) is 4.14. The van der Waals surface area contributed by atoms with Gasteiger partial charge in [0, 0.05) is 11.6 Å². The van der Waals surface area contributed by atoms with Crippen LogP contribution in [0.15, 0.2) is 40.3 Å². The third kappa shape index (κ3) is 3.02. The Labute approximate surface area is 124 Å². The number of nitriles is 1. The highest BCUT2D eigenvalue weighted by molar-refractivity contribution is 6.42. The Morgan fingerprint density at radius 1 is 1.25 bits per heavy atom. The first-order valence-corrected chi connectivity index (χ1v) is 6.17. The summed E-state index contributed by atoms with van der Waals surface area (Å²) in [4.78, 5) is 10.7. The molecule has 1 aromatic carbocycles. The van der Waals surface area contributed by atoms with Crippen molar-refractivity contribution in [2.45, 2.75) is 0 Å². The van der Waals surface area contributed by atoms with Crippen molar-refractivity contribution in [3.05, 3.63) is 51.7 Å². The van der Waals surface area contributed by atoms with Gasteiger partial charge in [0.1, 0.15) is 23.2 Å². The molecule has 1 aromatic heterocycles. The van der Waals surface area contributed by atoms with Crippen LogP contribution in [-0.2, 0) is 4.79 Å². The van der Waals surface area contributed by atoms with Crippen LogP contribution in [-0.4, -0.2) is 11.1 Å². The van der Waals surface area contributed by atoms with E-state index >= 15 is 0 Å². The zero-order valence-corrected chi connectivity index (χ0v) is 11.4. The molecule has 0 aliphatic carbocycles. The van der Waals surface area contributed by atoms with Gasteiger partial charge in [0.25, 0.3) is 0 Å². The minimum Gasteiger partial charge on any atom is -0.477 e. The minimum absolute atomic E-state index is 0.269. The van der Waals surface area contributed by atoms with Crippen molar-refractivity contribution >= 4 is 35.2 Å². The van der Waals surface area contributed by atoms with Crippen LogP contribution in [0.25, 0.3) is 17.4 Å². The summed E-state index contributed by atoms with van der Waals surface area (Å²) in [5.74, 6) is -0.539. The Hall–Kier alpha value is -2.22. The van der Waals surface area contributed by atoms with Gasteiger partial charge < -0.3 is 9.52 Å². The summed E-state index contributed by atoms with van der Waals surface area (Å²) in [5, 5.41) is 18.3. The molecule has 0 saturated carbocycles. The van der Waals surface area contributed by atoms with Gasteiger partial charge in [-0.25, -0.2) is 4.79 Å². The zero-order chi connectivity index (χ0) is 14.7. The number of furan rings is 1. The van der Waals surface area contributed by atoms with E-state index in [1.807, 2.05) is 0 Å². The molecule has 1 N–H and O–H groups in total. The summed E-state index contributed by atoms with van der Waals surface area (Å²) in [6, 6.07) is 9.80. The van der Waals surface area contributed by atoms with Crippen molar-refractivity contribution in [1.82, 2.24) is 0 Å². The molecule has 0 aliphatic heterocycles. The maximum atomic E-state index is 10.7. The van der Waals surface area contributed by atoms with Crippen molar-refractivity contribution in [3.63, 3.8) is 0 Å². The summed E-state index contributed by atoms with van der Waals surface area (Å²) in [5.41, 5.74) is 0.299. The van der Waals surface area contributed by atoms with Gasteiger partial charge in [0.2, 0.25) is 0 Å². The summed E-state index contributed by atoms with van der Waals surface area (Å²) in [6.45, 7) is 0. The van der Waals surface area contributed by atoms with E-state index in [1.54, 1.807) is 36.4 Å². The van der Waals surface area contributed by atoms with Crippen molar-refractivity contribution < 1.29 is 14.3 Å². The van der Waals surface area contributed by atoms with E-state index in [-0.39, 0.29) is 5.76 Å². The van der Waals surface area contributed by atoms with E-state index in [9.17, 15) is 4.79 Å². The zero-order valence-electron chi connectivity index (χ0n) is 9.93. The third-order valence-corrected chi connectivity index (χ3v) is 3.21. The summed E-state index contributed by atoms with van der Waals surface area (Å²) >= 11 is 11.7. The maximum absolute atomic E-state index is 10.7. The Morgan fingerprint density at radius 3 is 2.60 bits per heavy atom. The average Bonchev–Trinajstić information content (AvgIpc) is 2.87. The largest absolute Gasteiger partial charge is 0.477 e. The van der Waals surface area contributed by atoms with Gasteiger partial charge in [0.15, 0.2) is 0 Å². The molecule has 0 bridgehead atoms. The van der Waals surface area contributed by atoms with Crippen LogP contribution in [0.4, 0.5) is 0 Å². The number of benzene rings is 1. The normalized spacial score (nSPS) is 11.2. The van der Waals surface area contributed by atoms with Crippen LogP contribution in [0, 0.1) is 11.3 Å². The fourth-order valence-electron chi connectivity index (χ4n) is 1.52. The molecule has 0 atom stereocenters. The number of halogens is 2. The molecule has 0 saturated heterocycles. The number of hydrogen-bond donors (Lipinski definition) is 1. The highest BCUT2D eigenvalue weighted by Crippen LogP contribution is 2.29. The number of carbonyl (C=O) groups is 1. The van der Waals surface area contributed by atoms with E-state index in [0.29, 0.717) is 21.4 Å². The fourth-order valence-corrected chi connectivity index (χ4v) is 1.82. The number of carboxylic acids is 1. The van der Waals surface area contributed by atoms with Crippen LogP contribution in [0.2, 0.25) is 10.0 Å². The summed E-state index contributed by atoms with van der Waals surface area (Å²) in [7, 11) is 0. The molecule has 0 amide bonds. The Bertz CT molecular complexity index is 741. The molecule has 2 aromatic rings. The van der Waals surface area contributed by atoms with Crippen LogP contribution in [0.3, 0.4) is 0 Å². The second-order valence-corrected chi connectivity index (χ2v) is 4.62. The topological polar surface area (TPSA) is 74.2 Å². The predicted octanol–water partition coefficient (Wildman–Crippen LogP) is 4.24. The van der Waals surface area contributed by atoms with E-state index in [1.165, 1.54) is 0 Å². The highest BCUT2D eigenvalue weighted by atomic mass is 35.5. The molecule has 0 unspecified atom stereocenters. The molecule has 100 valence electrons. The minimum atomic E-state index is -1.31. The quantitative estimate of drug-likeness (QED) is 0.679. The maximum Gasteiger partial charge on any atom is 0.346 e. The van der Waals surface area contributed by atoms with Gasteiger partial charge in [0.05, 0.1) is 10.0 Å². The molecule has 4 nitrogen and oxygen atoms in total. The van der Waals surface area contributed by atoms with Crippen molar-refractivity contribution in [2.24, 2.45) is 0 Å². The number of rotatable bonds is 3. The molecular weight excluding hydrogens is 301 g/mol. The lowest BCUT2D eigenvalue weighted by Crippen LogP contribution is -1.96. The van der Waals surface area contributed by atoms with Crippen LogP contribution in [0.5, 0.6) is 0 Å². The van der Waals surface area contributed by atoms with E-state index < -0.39 is 11.5 Å². The molecule has 0 radical (unpaired) electrons. The number of carboxylic acid groups (broad SMARTS) is 1. The molecule has 0 fully saturated rings. The third-order valence-electron chi connectivity index (χ3n) is 2.47. The first-order valence-electron chi connectivity index (χ1n) is 5.41. The monoisotopic (exact) mass is 307 g/mol. The van der Waals surface area contributed by atoms with Gasteiger partial charge in [-0.05, 0) is 30.3 Å². The molecule has 20 heavy (non-hydrogen) atoms. The first-order chi connectivity index (χ1) is 9.51. The van der Waals surface area contributed by atoms with Gasteiger partial charge in [-0.1, -0.05) is 23.2 Å². The Balaban J connectivity index is 2.36. The smallest absolute Gasteiger partial charge is 0.346 e. The highest BCUT2D eigenvalue weighted by Gasteiger charge is 2.09. The average molecular weight is 308 g/mol. The number of hydrogen-bond acceptors (Lipinski definition) is 3. The number of nitrogens with zero attached hydrogens (tertiary/aromatic N) is 1. The van der Waals surface area contributed by atoms with Crippen LogP contribution < -0.4 is 0 Å². The summed E-state index contributed by atoms with van der Waals surface area (Å²) < 4.78 is 5.45. The second kappa shape index (κ2) is 5.83. The van der Waals surface area contributed by atoms with Gasteiger partial charge in [-0.15, -0.1) is 0 Å². The lowest BCUT2D eigenvalue weighted by molar-refractivity contribution is -0.132. The van der Waals surface area contributed by atoms with Crippen molar-refractivity contribution in [1.29, 1.82) is 5.26 Å². The van der Waals surface area contributed by atoms with E-state index in [0.717, 1.165) is 6.08 Å². The van der Waals surface area contributed by atoms with Crippen molar-refractivity contribution in [2.75, 3.05) is 0 Å². The summed E-state index contributed by atoms with van der Waals surface area (Å²) in [6.07, 6.45) is 1.16. The van der Waals surface area contributed by atoms with Crippen LogP contribution >= 0.6 is 23.2 Å². The molecule has 6 heteroatoms. The second-order valence-electron chi connectivity index (χ2n) is 3.81. The SMILES string of the molecule is N#C/C(=C\c1ccc(-c2ccc(Cl)c(Cl)c2)o1)C(=O)O. The molecule has 0 aliphatic rings. The lowest BCUT2D eigenvalue weighted by Gasteiger charge is -1.99. The van der Waals surface area contributed by atoms with E-state index in [4.69, 9.17) is 38.0 Å². The standard InChI is InChI=1S/C14H7Cl2NO3/c15-11-3-1-8(6-12(11)16)13-4-2-10(20-13)5-9(7-17)14(18)19/h1-6H,(H,18,19)/b9-5+. The lowest BCUT2D eigenvalue weighted by atomic mass is 10.2. The van der Waals surface area contributed by atoms with Gasteiger partial charge in [-0.2, -0.15) is 5.26 Å². The number of aliphatic carboxylic acids is 1. The fraction of sp³-hybridized carbons (Fsp3) is 0. The molecule has 0 spiro atoms. The van der Waals surface area contributed by atoms with E-state index in [2.05, 4.69) is 0 Å². The first kappa shape index (κ1) is 14.2. The van der Waals surface area contributed by atoms with Crippen LogP contribution in [0.1, 0.15) is 5.76 Å². The Morgan fingerprint density at radius 2 is 2.00 bits per heavy atom. The molecule has 1 heterocycles. The van der Waals surface area contributed by atoms with Gasteiger partial charge in [-0.3, -0.25) is 0 Å².